The average molecular weight is 281 g/mol. The number of rotatable bonds is 3. The number of hydrogen-bond acceptors (Lipinski definition) is 3. The molecule has 1 aliphatic carbocycles. The van der Waals surface area contributed by atoms with Crippen LogP contribution < -0.4 is 0 Å². The van der Waals surface area contributed by atoms with Crippen LogP contribution in [-0.2, 0) is 9.53 Å². The molecule has 1 unspecified atom stereocenters. The average Bonchev–Trinajstić information content (AvgIpc) is 3.14. The van der Waals surface area contributed by atoms with Gasteiger partial charge in [0, 0.05) is 24.9 Å². The molecule has 0 spiro atoms. The second-order valence-electron chi connectivity index (χ2n) is 7.12. The lowest BCUT2D eigenvalue weighted by molar-refractivity contribution is -0.121. The molecule has 1 heterocycles. The number of carbonyl (C=O) groups excluding carboxylic acids is 2. The minimum Gasteiger partial charge on any atom is -0.444 e. The van der Waals surface area contributed by atoms with Crippen molar-refractivity contribution in [2.75, 3.05) is 6.54 Å². The normalized spacial score (nSPS) is 24.1. The van der Waals surface area contributed by atoms with Crippen LogP contribution in [0.5, 0.6) is 0 Å². The lowest BCUT2D eigenvalue weighted by Gasteiger charge is -2.32. The minimum absolute atomic E-state index is 0.0421. The zero-order chi connectivity index (χ0) is 14.8. The molecule has 1 aliphatic heterocycles. The molecule has 0 aromatic rings. The predicted molar refractivity (Wildman–Crippen MR) is 77.5 cm³/mol. The highest BCUT2D eigenvalue weighted by molar-refractivity contribution is 5.84. The first kappa shape index (κ1) is 15.3. The van der Waals surface area contributed by atoms with Crippen LogP contribution in [-0.4, -0.2) is 35.0 Å². The fourth-order valence-electron chi connectivity index (χ4n) is 2.75. The Morgan fingerprint density at radius 3 is 2.40 bits per heavy atom. The molecular formula is C16H27NO3. The van der Waals surface area contributed by atoms with Gasteiger partial charge in [-0.05, 0) is 46.5 Å². The summed E-state index contributed by atoms with van der Waals surface area (Å²) in [5.41, 5.74) is -0.478. The van der Waals surface area contributed by atoms with Crippen LogP contribution in [0.1, 0.15) is 65.7 Å². The number of Topliss-reactive ketones (excluding diaryl/α,β-unsaturated/α-hetero) is 1. The first-order chi connectivity index (χ1) is 9.37. The molecule has 1 saturated carbocycles. The predicted octanol–water partition coefficient (Wildman–Crippen LogP) is 3.54. The summed E-state index contributed by atoms with van der Waals surface area (Å²) in [4.78, 5) is 26.2. The van der Waals surface area contributed by atoms with Crippen molar-refractivity contribution in [3.63, 3.8) is 0 Å². The molecule has 0 aromatic carbocycles. The Balaban J connectivity index is 2.00. The van der Waals surface area contributed by atoms with Crippen LogP contribution in [0.3, 0.4) is 0 Å². The number of amides is 1. The van der Waals surface area contributed by atoms with E-state index < -0.39 is 5.60 Å². The number of carbonyl (C=O) groups is 2. The highest BCUT2D eigenvalue weighted by Crippen LogP contribution is 2.33. The molecule has 114 valence electrons. The molecule has 0 radical (unpaired) electrons. The van der Waals surface area contributed by atoms with E-state index in [4.69, 9.17) is 4.74 Å². The van der Waals surface area contributed by atoms with E-state index in [0.717, 1.165) is 45.1 Å². The third-order valence-corrected chi connectivity index (χ3v) is 3.97. The number of hydrogen-bond donors (Lipinski definition) is 0. The van der Waals surface area contributed by atoms with Crippen LogP contribution in [0.4, 0.5) is 4.79 Å². The van der Waals surface area contributed by atoms with Crippen LogP contribution in [0.2, 0.25) is 0 Å². The number of likely N-dealkylation sites (tertiary alicyclic amines) is 1. The van der Waals surface area contributed by atoms with Gasteiger partial charge in [0.1, 0.15) is 11.4 Å². The van der Waals surface area contributed by atoms with Gasteiger partial charge in [-0.2, -0.15) is 0 Å². The zero-order valence-corrected chi connectivity index (χ0v) is 13.0. The third-order valence-electron chi connectivity index (χ3n) is 3.97. The molecule has 0 aromatic heterocycles. The van der Waals surface area contributed by atoms with Crippen molar-refractivity contribution in [1.82, 2.24) is 4.90 Å². The summed E-state index contributed by atoms with van der Waals surface area (Å²) in [5.74, 6) is 0.615. The Labute approximate surface area is 121 Å². The summed E-state index contributed by atoms with van der Waals surface area (Å²) in [6, 6.07) is 0.0421. The van der Waals surface area contributed by atoms with E-state index >= 15 is 0 Å². The monoisotopic (exact) mass is 281 g/mol. The fourth-order valence-corrected chi connectivity index (χ4v) is 2.75. The second kappa shape index (κ2) is 6.15. The van der Waals surface area contributed by atoms with Gasteiger partial charge in [0.2, 0.25) is 0 Å². The van der Waals surface area contributed by atoms with Crippen molar-refractivity contribution in [2.45, 2.75) is 77.4 Å². The van der Waals surface area contributed by atoms with E-state index in [1.54, 1.807) is 4.90 Å². The molecule has 1 atom stereocenters. The molecule has 2 aliphatic rings. The van der Waals surface area contributed by atoms with Crippen LogP contribution in [0, 0.1) is 5.92 Å². The van der Waals surface area contributed by atoms with Gasteiger partial charge >= 0.3 is 6.09 Å². The van der Waals surface area contributed by atoms with E-state index in [0.29, 0.717) is 12.2 Å². The Morgan fingerprint density at radius 2 is 1.80 bits per heavy atom. The van der Waals surface area contributed by atoms with Gasteiger partial charge in [0.25, 0.3) is 0 Å². The van der Waals surface area contributed by atoms with E-state index in [1.807, 2.05) is 20.8 Å². The van der Waals surface area contributed by atoms with E-state index in [9.17, 15) is 9.59 Å². The number of ketones is 1. The van der Waals surface area contributed by atoms with Crippen molar-refractivity contribution < 1.29 is 14.3 Å². The highest BCUT2D eigenvalue weighted by Gasteiger charge is 2.35. The minimum atomic E-state index is -0.478. The van der Waals surface area contributed by atoms with Gasteiger partial charge in [-0.25, -0.2) is 4.79 Å². The maximum Gasteiger partial charge on any atom is 0.410 e. The molecule has 0 bridgehead atoms. The maximum absolute atomic E-state index is 12.3. The molecule has 2 rings (SSSR count). The highest BCUT2D eigenvalue weighted by atomic mass is 16.6. The van der Waals surface area contributed by atoms with Gasteiger partial charge in [-0.1, -0.05) is 12.8 Å². The molecule has 2 fully saturated rings. The Bertz CT molecular complexity index is 368. The summed E-state index contributed by atoms with van der Waals surface area (Å²) in [5, 5.41) is 0. The van der Waals surface area contributed by atoms with Gasteiger partial charge in [0.05, 0.1) is 0 Å². The molecular weight excluding hydrogens is 254 g/mol. The molecule has 4 heteroatoms. The van der Waals surface area contributed by atoms with Crippen LogP contribution in [0.25, 0.3) is 0 Å². The first-order valence-corrected chi connectivity index (χ1v) is 7.89. The molecule has 0 N–H and O–H groups in total. The lowest BCUT2D eigenvalue weighted by Crippen LogP contribution is -2.44. The molecule has 4 nitrogen and oxygen atoms in total. The summed E-state index contributed by atoms with van der Waals surface area (Å²) in [6.45, 7) is 6.37. The van der Waals surface area contributed by atoms with Gasteiger partial charge < -0.3 is 9.64 Å². The standard InChI is InChI=1S/C16H27NO3/c1-16(2,3)20-15(19)17-10-6-4-5-7-13(17)11-14(18)12-8-9-12/h12-13H,4-11H2,1-3H3. The molecule has 1 amide bonds. The van der Waals surface area contributed by atoms with Crippen molar-refractivity contribution in [3.8, 4) is 0 Å². The van der Waals surface area contributed by atoms with Crippen LogP contribution >= 0.6 is 0 Å². The summed E-state index contributed by atoms with van der Waals surface area (Å²) < 4.78 is 5.50. The Morgan fingerprint density at radius 1 is 1.10 bits per heavy atom. The van der Waals surface area contributed by atoms with Crippen LogP contribution in [0.15, 0.2) is 0 Å². The third kappa shape index (κ3) is 4.50. The van der Waals surface area contributed by atoms with E-state index in [-0.39, 0.29) is 18.1 Å². The van der Waals surface area contributed by atoms with Crippen molar-refractivity contribution >= 4 is 11.9 Å². The number of ether oxygens (including phenoxy) is 1. The second-order valence-corrected chi connectivity index (χ2v) is 7.12. The Hall–Kier alpha value is -1.06. The number of nitrogens with zero attached hydrogens (tertiary/aromatic N) is 1. The molecule has 1 saturated heterocycles. The summed E-state index contributed by atoms with van der Waals surface area (Å²) in [6.07, 6.45) is 6.51. The van der Waals surface area contributed by atoms with Crippen molar-refractivity contribution in [3.05, 3.63) is 0 Å². The Kier molecular flexibility index (Phi) is 4.71. The van der Waals surface area contributed by atoms with Crippen molar-refractivity contribution in [2.24, 2.45) is 5.92 Å². The summed E-state index contributed by atoms with van der Waals surface area (Å²) in [7, 11) is 0. The zero-order valence-electron chi connectivity index (χ0n) is 13.0. The van der Waals surface area contributed by atoms with Gasteiger partial charge in [-0.15, -0.1) is 0 Å². The quantitative estimate of drug-likeness (QED) is 0.795. The van der Waals surface area contributed by atoms with Gasteiger partial charge in [0.15, 0.2) is 0 Å². The molecule has 20 heavy (non-hydrogen) atoms. The van der Waals surface area contributed by atoms with Crippen molar-refractivity contribution in [1.29, 1.82) is 0 Å². The maximum atomic E-state index is 12.3. The fraction of sp³-hybridized carbons (Fsp3) is 0.875. The summed E-state index contributed by atoms with van der Waals surface area (Å²) >= 11 is 0. The first-order valence-electron chi connectivity index (χ1n) is 7.89. The largest absolute Gasteiger partial charge is 0.444 e. The van der Waals surface area contributed by atoms with Gasteiger partial charge in [-0.3, -0.25) is 4.79 Å². The van der Waals surface area contributed by atoms with E-state index in [2.05, 4.69) is 0 Å². The smallest absolute Gasteiger partial charge is 0.410 e. The SMILES string of the molecule is CC(C)(C)OC(=O)N1CCCCCC1CC(=O)C1CC1. The topological polar surface area (TPSA) is 46.6 Å². The van der Waals surface area contributed by atoms with E-state index in [1.165, 1.54) is 0 Å². The lowest BCUT2D eigenvalue weighted by atomic mass is 10.0.